The molecule has 0 heterocycles. The van der Waals surface area contributed by atoms with Crippen molar-refractivity contribution in [3.8, 4) is 0 Å². The molecule has 0 unspecified atom stereocenters. The Morgan fingerprint density at radius 2 is 1.52 bits per heavy atom. The fraction of sp³-hybridized carbons (Fsp3) is 0.150. The van der Waals surface area contributed by atoms with E-state index >= 15 is 0 Å². The number of allylic oxidation sites excluding steroid dienone is 1. The Labute approximate surface area is 139 Å². The van der Waals surface area contributed by atoms with Crippen molar-refractivity contribution < 1.29 is 9.53 Å². The van der Waals surface area contributed by atoms with Gasteiger partial charge in [-0.05, 0) is 16.8 Å². The number of carbonyl (C=O) groups is 1. The summed E-state index contributed by atoms with van der Waals surface area (Å²) in [4.78, 5) is 11.2. The van der Waals surface area contributed by atoms with Crippen molar-refractivity contribution in [2.75, 3.05) is 0 Å². The van der Waals surface area contributed by atoms with Crippen LogP contribution in [-0.2, 0) is 9.53 Å². The zero-order valence-electron chi connectivity index (χ0n) is 13.9. The quantitative estimate of drug-likeness (QED) is 0.355. The molecule has 2 aromatic rings. The molecule has 0 aromatic heterocycles. The minimum Gasteiger partial charge on any atom is -0.427 e. The second-order valence-corrected chi connectivity index (χ2v) is 10.3. The van der Waals surface area contributed by atoms with Gasteiger partial charge in [-0.1, -0.05) is 85.5 Å². The summed E-state index contributed by atoms with van der Waals surface area (Å²) < 4.78 is 5.15. The first-order chi connectivity index (χ1) is 10.9. The molecular formula is C20H22O2Si. The van der Waals surface area contributed by atoms with E-state index in [4.69, 9.17) is 4.74 Å². The first-order valence-electron chi connectivity index (χ1n) is 7.61. The van der Waals surface area contributed by atoms with Gasteiger partial charge in [0.25, 0.3) is 0 Å². The number of hydrogen-bond acceptors (Lipinski definition) is 2. The second kappa shape index (κ2) is 7.25. The van der Waals surface area contributed by atoms with Gasteiger partial charge in [0.2, 0.25) is 0 Å². The van der Waals surface area contributed by atoms with Gasteiger partial charge in [-0.25, -0.2) is 0 Å². The molecule has 0 aliphatic rings. The lowest BCUT2D eigenvalue weighted by Crippen LogP contribution is -2.43. The monoisotopic (exact) mass is 322 g/mol. The van der Waals surface area contributed by atoms with Gasteiger partial charge in [-0.3, -0.25) is 4.79 Å². The fourth-order valence-electron chi connectivity index (χ4n) is 2.63. The number of benzene rings is 2. The maximum absolute atomic E-state index is 11.2. The van der Waals surface area contributed by atoms with Crippen LogP contribution < -0.4 is 5.19 Å². The Morgan fingerprint density at radius 1 is 1.00 bits per heavy atom. The van der Waals surface area contributed by atoms with Crippen LogP contribution in [0.3, 0.4) is 0 Å². The summed E-state index contributed by atoms with van der Waals surface area (Å²) in [5, 5.41) is 2.52. The lowest BCUT2D eigenvalue weighted by atomic mass is 10.2. The van der Waals surface area contributed by atoms with Crippen molar-refractivity contribution in [2.45, 2.75) is 20.0 Å². The average molecular weight is 322 g/mol. The van der Waals surface area contributed by atoms with E-state index in [1.54, 1.807) is 0 Å². The van der Waals surface area contributed by atoms with Gasteiger partial charge in [0.05, 0.1) is 0 Å². The van der Waals surface area contributed by atoms with Crippen LogP contribution in [0.4, 0.5) is 0 Å². The van der Waals surface area contributed by atoms with Crippen molar-refractivity contribution in [1.82, 2.24) is 0 Å². The average Bonchev–Trinajstić information content (AvgIpc) is 2.53. The molecule has 0 spiro atoms. The third kappa shape index (κ3) is 4.30. The Kier molecular flexibility index (Phi) is 5.35. The molecular weight excluding hydrogens is 300 g/mol. The number of esters is 1. The highest BCUT2D eigenvalue weighted by atomic mass is 28.3. The van der Waals surface area contributed by atoms with E-state index in [0.29, 0.717) is 5.76 Å². The maximum Gasteiger partial charge on any atom is 0.308 e. The Morgan fingerprint density at radius 3 is 2.04 bits per heavy atom. The lowest BCUT2D eigenvalue weighted by molar-refractivity contribution is -0.136. The lowest BCUT2D eigenvalue weighted by Gasteiger charge is -2.27. The van der Waals surface area contributed by atoms with Crippen LogP contribution in [0, 0.1) is 0 Å². The first-order valence-corrected chi connectivity index (χ1v) is 10.6. The predicted octanol–water partition coefficient (Wildman–Crippen LogP) is 4.30. The third-order valence-corrected chi connectivity index (χ3v) is 7.39. The van der Waals surface area contributed by atoms with Gasteiger partial charge >= 0.3 is 5.97 Å². The molecule has 2 rings (SSSR count). The summed E-state index contributed by atoms with van der Waals surface area (Å²) in [5.41, 5.74) is 1.14. The highest BCUT2D eigenvalue weighted by Crippen LogP contribution is 2.27. The Balaban J connectivity index is 2.52. The smallest absolute Gasteiger partial charge is 0.308 e. The van der Waals surface area contributed by atoms with E-state index in [1.807, 2.05) is 30.3 Å². The first kappa shape index (κ1) is 17.0. The van der Waals surface area contributed by atoms with Gasteiger partial charge < -0.3 is 4.74 Å². The van der Waals surface area contributed by atoms with Crippen LogP contribution in [0.1, 0.15) is 12.5 Å². The topological polar surface area (TPSA) is 26.3 Å². The van der Waals surface area contributed by atoms with E-state index < -0.39 is 8.07 Å². The van der Waals surface area contributed by atoms with Gasteiger partial charge in [0.15, 0.2) is 0 Å². The van der Waals surface area contributed by atoms with E-state index in [1.165, 1.54) is 17.3 Å². The third-order valence-electron chi connectivity index (χ3n) is 3.83. The molecule has 23 heavy (non-hydrogen) atoms. The van der Waals surface area contributed by atoms with Crippen molar-refractivity contribution in [2.24, 2.45) is 0 Å². The van der Waals surface area contributed by atoms with Gasteiger partial charge in [-0.15, -0.1) is 0 Å². The zero-order valence-corrected chi connectivity index (χ0v) is 14.9. The molecule has 2 aromatic carbocycles. The molecule has 3 heteroatoms. The van der Waals surface area contributed by atoms with E-state index in [0.717, 1.165) is 5.56 Å². The van der Waals surface area contributed by atoms with Crippen LogP contribution in [0.25, 0.3) is 5.20 Å². The van der Waals surface area contributed by atoms with Gasteiger partial charge in [0.1, 0.15) is 13.8 Å². The van der Waals surface area contributed by atoms with Crippen LogP contribution in [0.15, 0.2) is 79.1 Å². The summed E-state index contributed by atoms with van der Waals surface area (Å²) in [6, 6.07) is 20.7. The van der Waals surface area contributed by atoms with Crippen molar-refractivity contribution in [3.05, 3.63) is 84.6 Å². The Hall–Kier alpha value is -2.39. The maximum atomic E-state index is 11.2. The molecule has 0 aliphatic carbocycles. The van der Waals surface area contributed by atoms with Crippen molar-refractivity contribution >= 4 is 24.4 Å². The summed E-state index contributed by atoms with van der Waals surface area (Å²) in [6.45, 7) is 9.85. The Bertz CT molecular complexity index is 716. The minimum atomic E-state index is -1.95. The van der Waals surface area contributed by atoms with Crippen molar-refractivity contribution in [1.29, 1.82) is 0 Å². The number of carbonyl (C=O) groups excluding carboxylic acids is 1. The predicted molar refractivity (Wildman–Crippen MR) is 98.9 cm³/mol. The highest BCUT2D eigenvalue weighted by Gasteiger charge is 2.29. The molecule has 0 radical (unpaired) electrons. The molecule has 0 bridgehead atoms. The molecule has 118 valence electrons. The van der Waals surface area contributed by atoms with Crippen LogP contribution in [0.2, 0.25) is 13.1 Å². The van der Waals surface area contributed by atoms with E-state index in [-0.39, 0.29) is 5.97 Å². The van der Waals surface area contributed by atoms with Gasteiger partial charge in [-0.2, -0.15) is 0 Å². The van der Waals surface area contributed by atoms with Crippen LogP contribution in [0.5, 0.6) is 0 Å². The minimum absolute atomic E-state index is 0.349. The molecule has 0 aliphatic heterocycles. The molecule has 0 N–H and O–H groups in total. The molecule has 0 fully saturated rings. The SMILES string of the molecule is C=C(/C=C(\c1ccccc1)[Si](C)(C)c1ccccc1)OC(C)=O. The number of hydrogen-bond donors (Lipinski definition) is 0. The van der Waals surface area contributed by atoms with Crippen molar-refractivity contribution in [3.63, 3.8) is 0 Å². The summed E-state index contributed by atoms with van der Waals surface area (Å²) >= 11 is 0. The zero-order chi connectivity index (χ0) is 16.9. The molecule has 0 saturated carbocycles. The van der Waals surface area contributed by atoms with Crippen LogP contribution in [-0.4, -0.2) is 14.0 Å². The largest absolute Gasteiger partial charge is 0.427 e. The molecule has 0 atom stereocenters. The number of rotatable bonds is 5. The number of ether oxygens (including phenoxy) is 1. The fourth-order valence-corrected chi connectivity index (χ4v) is 5.37. The summed E-state index contributed by atoms with van der Waals surface area (Å²) in [6.07, 6.45) is 1.91. The molecule has 2 nitrogen and oxygen atoms in total. The highest BCUT2D eigenvalue weighted by molar-refractivity contribution is 7.04. The standard InChI is InChI=1S/C20H22O2Si/c1-16(22-17(2)21)15-20(18-11-7-5-8-12-18)23(3,4)19-13-9-6-10-14-19/h5-15H,1H2,2-4H3/b20-15+. The second-order valence-electron chi connectivity index (χ2n) is 5.98. The van der Waals surface area contributed by atoms with Gasteiger partial charge in [0, 0.05) is 6.92 Å². The molecule has 0 saturated heterocycles. The summed E-state index contributed by atoms with van der Waals surface area (Å²) in [5.74, 6) is 0.0331. The van der Waals surface area contributed by atoms with E-state index in [9.17, 15) is 4.79 Å². The molecule has 0 amide bonds. The van der Waals surface area contributed by atoms with E-state index in [2.05, 4.69) is 56.1 Å². The summed E-state index contributed by atoms with van der Waals surface area (Å²) in [7, 11) is -1.95. The van der Waals surface area contributed by atoms with Crippen LogP contribution >= 0.6 is 0 Å². The normalized spacial score (nSPS) is 11.9.